The van der Waals surface area contributed by atoms with Crippen LogP contribution in [0.5, 0.6) is 0 Å². The number of amides is 2. The van der Waals surface area contributed by atoms with Crippen LogP contribution in [0.25, 0.3) is 10.2 Å². The summed E-state index contributed by atoms with van der Waals surface area (Å²) in [5, 5.41) is 9.07. The number of thiophene rings is 1. The molecule has 0 aliphatic carbocycles. The van der Waals surface area contributed by atoms with Crippen LogP contribution in [0.4, 0.5) is 0 Å². The van der Waals surface area contributed by atoms with Gasteiger partial charge in [-0.3, -0.25) is 14.3 Å². The Kier molecular flexibility index (Phi) is 5.82. The second kappa shape index (κ2) is 8.10. The molecule has 3 rings (SSSR count). The first-order chi connectivity index (χ1) is 12.8. The van der Waals surface area contributed by atoms with Crippen molar-refractivity contribution in [1.82, 2.24) is 20.0 Å². The summed E-state index contributed by atoms with van der Waals surface area (Å²) in [5.74, 6) is -0.179. The third-order valence-corrected chi connectivity index (χ3v) is 5.60. The van der Waals surface area contributed by atoms with Crippen molar-refractivity contribution in [3.05, 3.63) is 51.5 Å². The van der Waals surface area contributed by atoms with E-state index < -0.39 is 0 Å². The molecule has 2 heterocycles. The SMILES string of the molecule is Cc1nn(Cc2ccc(Cl)cc2)c2sc(C(=O)NCCC(=O)N(C)C)cc12. The number of fused-ring (bicyclic) bond motifs is 1. The minimum Gasteiger partial charge on any atom is -0.351 e. The van der Waals surface area contributed by atoms with E-state index in [1.165, 1.54) is 16.2 Å². The van der Waals surface area contributed by atoms with E-state index in [-0.39, 0.29) is 18.2 Å². The summed E-state index contributed by atoms with van der Waals surface area (Å²) in [7, 11) is 3.40. The highest BCUT2D eigenvalue weighted by Gasteiger charge is 2.16. The fourth-order valence-electron chi connectivity index (χ4n) is 2.69. The molecule has 0 bridgehead atoms. The molecule has 0 unspecified atom stereocenters. The van der Waals surface area contributed by atoms with Crippen molar-refractivity contribution in [3.63, 3.8) is 0 Å². The highest BCUT2D eigenvalue weighted by Crippen LogP contribution is 2.29. The lowest BCUT2D eigenvalue weighted by Gasteiger charge is -2.10. The van der Waals surface area contributed by atoms with Gasteiger partial charge in [0, 0.05) is 37.5 Å². The third-order valence-electron chi connectivity index (χ3n) is 4.20. The average molecular weight is 405 g/mol. The molecule has 6 nitrogen and oxygen atoms in total. The second-order valence-corrected chi connectivity index (χ2v) is 7.96. The lowest BCUT2D eigenvalue weighted by atomic mass is 10.2. The molecule has 1 aromatic carbocycles. The van der Waals surface area contributed by atoms with E-state index in [9.17, 15) is 9.59 Å². The Morgan fingerprint density at radius 1 is 1.26 bits per heavy atom. The summed E-state index contributed by atoms with van der Waals surface area (Å²) in [6.45, 7) is 2.87. The molecule has 0 saturated carbocycles. The maximum atomic E-state index is 12.4. The van der Waals surface area contributed by atoms with Crippen LogP contribution in [-0.2, 0) is 11.3 Å². The Hall–Kier alpha value is -2.38. The third kappa shape index (κ3) is 4.48. The average Bonchev–Trinajstić information content (AvgIpc) is 3.18. The van der Waals surface area contributed by atoms with E-state index in [0.29, 0.717) is 23.0 Å². The van der Waals surface area contributed by atoms with E-state index in [0.717, 1.165) is 21.5 Å². The van der Waals surface area contributed by atoms with Gasteiger partial charge in [-0.15, -0.1) is 11.3 Å². The number of nitrogens with one attached hydrogen (secondary N) is 1. The van der Waals surface area contributed by atoms with Crippen LogP contribution in [0.2, 0.25) is 5.02 Å². The van der Waals surface area contributed by atoms with Gasteiger partial charge < -0.3 is 10.2 Å². The maximum absolute atomic E-state index is 12.4. The predicted octanol–water partition coefficient (Wildman–Crippen LogP) is 3.32. The topological polar surface area (TPSA) is 67.2 Å². The zero-order chi connectivity index (χ0) is 19.6. The number of benzene rings is 1. The van der Waals surface area contributed by atoms with Gasteiger partial charge in [-0.1, -0.05) is 23.7 Å². The monoisotopic (exact) mass is 404 g/mol. The molecule has 2 amide bonds. The lowest BCUT2D eigenvalue weighted by molar-refractivity contribution is -0.128. The summed E-state index contributed by atoms with van der Waals surface area (Å²) in [5.41, 5.74) is 1.97. The predicted molar refractivity (Wildman–Crippen MR) is 109 cm³/mol. The van der Waals surface area contributed by atoms with Crippen LogP contribution in [0, 0.1) is 6.92 Å². The van der Waals surface area contributed by atoms with Crippen molar-refractivity contribution in [2.24, 2.45) is 0 Å². The Morgan fingerprint density at radius 3 is 2.63 bits per heavy atom. The molecule has 0 fully saturated rings. The molecule has 142 valence electrons. The first-order valence-corrected chi connectivity index (χ1v) is 9.74. The van der Waals surface area contributed by atoms with E-state index in [1.54, 1.807) is 14.1 Å². The fraction of sp³-hybridized carbons (Fsp3) is 0.316. The molecule has 2 aromatic heterocycles. The van der Waals surface area contributed by atoms with Gasteiger partial charge >= 0.3 is 0 Å². The number of nitrogens with zero attached hydrogens (tertiary/aromatic N) is 3. The number of hydrogen-bond acceptors (Lipinski definition) is 4. The number of aryl methyl sites for hydroxylation is 1. The van der Waals surface area contributed by atoms with Crippen LogP contribution in [0.15, 0.2) is 30.3 Å². The van der Waals surface area contributed by atoms with Gasteiger partial charge in [-0.2, -0.15) is 5.10 Å². The summed E-state index contributed by atoms with van der Waals surface area (Å²) in [4.78, 5) is 27.1. The molecule has 0 saturated heterocycles. The van der Waals surface area contributed by atoms with Crippen molar-refractivity contribution in [2.75, 3.05) is 20.6 Å². The number of carbonyl (C=O) groups excluding carboxylic acids is 2. The second-order valence-electron chi connectivity index (χ2n) is 6.49. The van der Waals surface area contributed by atoms with E-state index in [1.807, 2.05) is 41.9 Å². The lowest BCUT2D eigenvalue weighted by Crippen LogP contribution is -2.29. The van der Waals surface area contributed by atoms with Gasteiger partial charge in [0.05, 0.1) is 17.1 Å². The van der Waals surface area contributed by atoms with Gasteiger partial charge in [0.1, 0.15) is 4.83 Å². The van der Waals surface area contributed by atoms with Crippen molar-refractivity contribution < 1.29 is 9.59 Å². The van der Waals surface area contributed by atoms with Crippen LogP contribution in [0.3, 0.4) is 0 Å². The van der Waals surface area contributed by atoms with E-state index in [2.05, 4.69) is 10.4 Å². The number of rotatable bonds is 6. The quantitative estimate of drug-likeness (QED) is 0.685. The molecule has 8 heteroatoms. The van der Waals surface area contributed by atoms with Crippen LogP contribution >= 0.6 is 22.9 Å². The minimum atomic E-state index is -0.166. The van der Waals surface area contributed by atoms with Gasteiger partial charge in [0.15, 0.2) is 0 Å². The Labute approximate surface area is 166 Å². The maximum Gasteiger partial charge on any atom is 0.261 e. The van der Waals surface area contributed by atoms with E-state index >= 15 is 0 Å². The molecule has 27 heavy (non-hydrogen) atoms. The Bertz CT molecular complexity index is 976. The smallest absolute Gasteiger partial charge is 0.261 e. The van der Waals surface area contributed by atoms with Gasteiger partial charge in [0.25, 0.3) is 5.91 Å². The Balaban J connectivity index is 1.74. The number of hydrogen-bond donors (Lipinski definition) is 1. The number of aromatic nitrogens is 2. The summed E-state index contributed by atoms with van der Waals surface area (Å²) in [6, 6.07) is 9.51. The van der Waals surface area contributed by atoms with Crippen molar-refractivity contribution in [1.29, 1.82) is 0 Å². The summed E-state index contributed by atoms with van der Waals surface area (Å²) >= 11 is 7.35. The number of halogens is 1. The molecule has 0 spiro atoms. The first-order valence-electron chi connectivity index (χ1n) is 8.55. The van der Waals surface area contributed by atoms with Gasteiger partial charge in [0.2, 0.25) is 5.91 Å². The highest BCUT2D eigenvalue weighted by molar-refractivity contribution is 7.20. The van der Waals surface area contributed by atoms with Gasteiger partial charge in [-0.05, 0) is 30.7 Å². The molecule has 0 atom stereocenters. The molecular formula is C19H21ClN4O2S. The molecule has 0 aliphatic heterocycles. The Morgan fingerprint density at radius 2 is 1.96 bits per heavy atom. The highest BCUT2D eigenvalue weighted by atomic mass is 35.5. The van der Waals surface area contributed by atoms with Crippen LogP contribution in [0.1, 0.15) is 27.3 Å². The van der Waals surface area contributed by atoms with Crippen LogP contribution in [-0.4, -0.2) is 47.1 Å². The number of carbonyl (C=O) groups is 2. The van der Waals surface area contributed by atoms with E-state index in [4.69, 9.17) is 11.6 Å². The van der Waals surface area contributed by atoms with Gasteiger partial charge in [-0.25, -0.2) is 0 Å². The first kappa shape index (κ1) is 19.4. The zero-order valence-electron chi connectivity index (χ0n) is 15.5. The van der Waals surface area contributed by atoms with Crippen LogP contribution < -0.4 is 5.32 Å². The van der Waals surface area contributed by atoms with Crippen molar-refractivity contribution in [3.8, 4) is 0 Å². The molecular weight excluding hydrogens is 384 g/mol. The standard InChI is InChI=1S/C19H21ClN4O2S/c1-12-15-10-16(18(26)21-9-8-17(25)23(2)3)27-19(15)24(22-12)11-13-4-6-14(20)7-5-13/h4-7,10H,8-9,11H2,1-3H3,(H,21,26). The summed E-state index contributed by atoms with van der Waals surface area (Å²) < 4.78 is 1.91. The molecule has 0 aliphatic rings. The largest absolute Gasteiger partial charge is 0.351 e. The minimum absolute atomic E-state index is 0.0129. The molecule has 1 N–H and O–H groups in total. The summed E-state index contributed by atoms with van der Waals surface area (Å²) in [6.07, 6.45) is 0.285. The zero-order valence-corrected chi connectivity index (χ0v) is 17.0. The fourth-order valence-corrected chi connectivity index (χ4v) is 3.89. The normalized spacial score (nSPS) is 11.0. The van der Waals surface area contributed by atoms with Crippen molar-refractivity contribution >= 4 is 45.0 Å². The molecule has 3 aromatic rings. The molecule has 0 radical (unpaired) electrons. The van der Waals surface area contributed by atoms with Crippen molar-refractivity contribution in [2.45, 2.75) is 19.9 Å².